The van der Waals surface area contributed by atoms with Crippen LogP contribution < -0.4 is 10.2 Å². The van der Waals surface area contributed by atoms with E-state index in [0.717, 1.165) is 6.07 Å². The van der Waals surface area contributed by atoms with Gasteiger partial charge in [0.05, 0.1) is 16.9 Å². The fourth-order valence-corrected chi connectivity index (χ4v) is 2.87. The topological polar surface area (TPSA) is 91.6 Å². The van der Waals surface area contributed by atoms with Gasteiger partial charge < -0.3 is 25.2 Å². The highest BCUT2D eigenvalue weighted by atomic mass is 19.4. The number of rotatable bonds is 3. The van der Waals surface area contributed by atoms with E-state index < -0.39 is 22.7 Å². The molecule has 1 aromatic carbocycles. The van der Waals surface area contributed by atoms with Gasteiger partial charge in [-0.3, -0.25) is 0 Å². The summed E-state index contributed by atoms with van der Waals surface area (Å²) in [5.74, 6) is -0.259. The van der Waals surface area contributed by atoms with Crippen molar-refractivity contribution in [1.29, 1.82) is 0 Å². The number of benzene rings is 1. The standard InChI is InChI=1S/C17H16F3N5O3/c18-17(19,20)13-3-1-2-4-14(13)22-16(26)24-9-7-23(8-10-24)12-5-6-15(21-11-12)25(27)28/h1-6,11H,7-10H2,(H,22,26). The number of nitro groups is 1. The van der Waals surface area contributed by atoms with E-state index in [1.807, 2.05) is 4.90 Å². The van der Waals surface area contributed by atoms with Crippen molar-refractivity contribution in [1.82, 2.24) is 9.88 Å². The van der Waals surface area contributed by atoms with E-state index in [0.29, 0.717) is 18.8 Å². The van der Waals surface area contributed by atoms with Crippen molar-refractivity contribution in [3.63, 3.8) is 0 Å². The van der Waals surface area contributed by atoms with Gasteiger partial charge in [0.2, 0.25) is 0 Å². The summed E-state index contributed by atoms with van der Waals surface area (Å²) < 4.78 is 39.1. The number of carbonyl (C=O) groups excluding carboxylic acids is 1. The molecule has 3 rings (SSSR count). The molecule has 0 radical (unpaired) electrons. The molecule has 2 amide bonds. The first kappa shape index (κ1) is 19.4. The molecule has 1 fully saturated rings. The summed E-state index contributed by atoms with van der Waals surface area (Å²) in [5.41, 5.74) is -0.519. The molecular formula is C17H16F3N5O3. The number of halogens is 3. The number of alkyl halides is 3. The molecule has 0 atom stereocenters. The molecule has 1 aliphatic rings. The molecule has 11 heteroatoms. The number of carbonyl (C=O) groups is 1. The minimum atomic E-state index is -4.56. The lowest BCUT2D eigenvalue weighted by Gasteiger charge is -2.35. The predicted octanol–water partition coefficient (Wildman–Crippen LogP) is 3.36. The summed E-state index contributed by atoms with van der Waals surface area (Å²) >= 11 is 0. The van der Waals surface area contributed by atoms with E-state index in [2.05, 4.69) is 10.3 Å². The van der Waals surface area contributed by atoms with E-state index in [1.165, 1.54) is 35.4 Å². The molecule has 0 saturated carbocycles. The van der Waals surface area contributed by atoms with E-state index in [9.17, 15) is 28.1 Å². The number of hydrogen-bond donors (Lipinski definition) is 1. The quantitative estimate of drug-likeness (QED) is 0.636. The van der Waals surface area contributed by atoms with Crippen LogP contribution in [-0.2, 0) is 6.18 Å². The molecule has 1 aliphatic heterocycles. The summed E-state index contributed by atoms with van der Waals surface area (Å²) in [6.07, 6.45) is -3.18. The van der Waals surface area contributed by atoms with Crippen molar-refractivity contribution < 1.29 is 22.9 Å². The fourth-order valence-electron chi connectivity index (χ4n) is 2.87. The van der Waals surface area contributed by atoms with Crippen molar-refractivity contribution in [2.24, 2.45) is 0 Å². The molecule has 0 spiro atoms. The fraction of sp³-hybridized carbons (Fsp3) is 0.294. The molecule has 8 nitrogen and oxygen atoms in total. The Morgan fingerprint density at radius 3 is 2.36 bits per heavy atom. The zero-order valence-corrected chi connectivity index (χ0v) is 14.5. The number of amides is 2. The Hall–Kier alpha value is -3.37. The van der Waals surface area contributed by atoms with Crippen molar-refractivity contribution in [2.75, 3.05) is 36.4 Å². The second-order valence-electron chi connectivity index (χ2n) is 6.08. The van der Waals surface area contributed by atoms with Gasteiger partial charge in [0, 0.05) is 32.2 Å². The molecule has 148 valence electrons. The predicted molar refractivity (Wildman–Crippen MR) is 95.1 cm³/mol. The van der Waals surface area contributed by atoms with E-state index in [-0.39, 0.29) is 24.6 Å². The van der Waals surface area contributed by atoms with Gasteiger partial charge >= 0.3 is 18.0 Å². The lowest BCUT2D eigenvalue weighted by atomic mass is 10.1. The number of nitrogens with one attached hydrogen (secondary N) is 1. The van der Waals surface area contributed by atoms with Gasteiger partial charge in [-0.05, 0) is 28.1 Å². The zero-order chi connectivity index (χ0) is 20.3. The number of aromatic nitrogens is 1. The Kier molecular flexibility index (Phi) is 5.34. The molecule has 1 aromatic heterocycles. The van der Waals surface area contributed by atoms with Crippen molar-refractivity contribution in [2.45, 2.75) is 6.18 Å². The molecule has 1 N–H and O–H groups in total. The maximum Gasteiger partial charge on any atom is 0.418 e. The Labute approximate surface area is 157 Å². The number of pyridine rings is 1. The maximum absolute atomic E-state index is 13.0. The second kappa shape index (κ2) is 7.71. The summed E-state index contributed by atoms with van der Waals surface area (Å²) in [7, 11) is 0. The monoisotopic (exact) mass is 395 g/mol. The highest BCUT2D eigenvalue weighted by molar-refractivity contribution is 5.90. The third-order valence-electron chi connectivity index (χ3n) is 4.33. The van der Waals surface area contributed by atoms with Crippen LogP contribution in [-0.4, -0.2) is 47.0 Å². The number of hydrogen-bond acceptors (Lipinski definition) is 5. The van der Waals surface area contributed by atoms with Crippen LogP contribution in [0.15, 0.2) is 42.6 Å². The number of piperazine rings is 1. The maximum atomic E-state index is 13.0. The van der Waals surface area contributed by atoms with Gasteiger partial charge in [0.1, 0.15) is 0 Å². The summed E-state index contributed by atoms with van der Waals surface area (Å²) in [4.78, 5) is 29.5. The van der Waals surface area contributed by atoms with Crippen LogP contribution in [0.2, 0.25) is 0 Å². The first-order valence-electron chi connectivity index (χ1n) is 8.33. The van der Waals surface area contributed by atoms with Gasteiger partial charge in [0.25, 0.3) is 0 Å². The first-order valence-corrected chi connectivity index (χ1v) is 8.33. The molecular weight excluding hydrogens is 379 g/mol. The lowest BCUT2D eigenvalue weighted by Crippen LogP contribution is -2.50. The zero-order valence-electron chi connectivity index (χ0n) is 14.5. The van der Waals surface area contributed by atoms with Gasteiger partial charge in [0.15, 0.2) is 6.20 Å². The van der Waals surface area contributed by atoms with E-state index in [4.69, 9.17) is 0 Å². The summed E-state index contributed by atoms with van der Waals surface area (Å²) in [6.45, 7) is 1.43. The van der Waals surface area contributed by atoms with Crippen LogP contribution >= 0.6 is 0 Å². The minimum Gasteiger partial charge on any atom is -0.365 e. The molecule has 2 aromatic rings. The van der Waals surface area contributed by atoms with E-state index in [1.54, 1.807) is 6.07 Å². The average molecular weight is 395 g/mol. The average Bonchev–Trinajstić information content (AvgIpc) is 2.68. The smallest absolute Gasteiger partial charge is 0.365 e. The third kappa shape index (κ3) is 4.30. The van der Waals surface area contributed by atoms with Crippen LogP contribution in [0.4, 0.5) is 35.2 Å². The van der Waals surface area contributed by atoms with Crippen molar-refractivity contribution >= 4 is 23.2 Å². The number of anilines is 2. The van der Waals surface area contributed by atoms with E-state index >= 15 is 0 Å². The van der Waals surface area contributed by atoms with Crippen LogP contribution in [0.25, 0.3) is 0 Å². The van der Waals surface area contributed by atoms with Gasteiger partial charge in [-0.25, -0.2) is 4.79 Å². The Bertz CT molecular complexity index is 865. The molecule has 0 bridgehead atoms. The number of urea groups is 1. The van der Waals surface area contributed by atoms with Crippen molar-refractivity contribution in [3.8, 4) is 0 Å². The normalized spacial score (nSPS) is 14.7. The molecule has 2 heterocycles. The van der Waals surface area contributed by atoms with Crippen molar-refractivity contribution in [3.05, 3.63) is 58.3 Å². The van der Waals surface area contributed by atoms with Gasteiger partial charge in [-0.1, -0.05) is 12.1 Å². The lowest BCUT2D eigenvalue weighted by molar-refractivity contribution is -0.389. The van der Waals surface area contributed by atoms with Crippen LogP contribution in [0, 0.1) is 10.1 Å². The summed E-state index contributed by atoms with van der Waals surface area (Å²) in [6, 6.07) is 7.05. The number of para-hydroxylation sites is 1. The molecule has 0 unspecified atom stereocenters. The Morgan fingerprint density at radius 1 is 1.11 bits per heavy atom. The second-order valence-corrected chi connectivity index (χ2v) is 6.08. The highest BCUT2D eigenvalue weighted by Crippen LogP contribution is 2.34. The first-order chi connectivity index (χ1) is 13.3. The molecule has 0 aliphatic carbocycles. The largest absolute Gasteiger partial charge is 0.418 e. The van der Waals surface area contributed by atoms with Crippen LogP contribution in [0.5, 0.6) is 0 Å². The SMILES string of the molecule is O=C(Nc1ccccc1C(F)(F)F)N1CCN(c2ccc([N+](=O)[O-])nc2)CC1. The Balaban J connectivity index is 1.61. The Morgan fingerprint density at radius 2 is 1.79 bits per heavy atom. The van der Waals surface area contributed by atoms with Crippen LogP contribution in [0.3, 0.4) is 0 Å². The number of nitrogens with zero attached hydrogens (tertiary/aromatic N) is 4. The molecule has 28 heavy (non-hydrogen) atoms. The van der Waals surface area contributed by atoms with Gasteiger partial charge in [-0.2, -0.15) is 13.2 Å². The highest BCUT2D eigenvalue weighted by Gasteiger charge is 2.34. The third-order valence-corrected chi connectivity index (χ3v) is 4.33. The minimum absolute atomic E-state index is 0.259. The summed E-state index contributed by atoms with van der Waals surface area (Å²) in [5, 5.41) is 13.0. The van der Waals surface area contributed by atoms with Crippen LogP contribution in [0.1, 0.15) is 5.56 Å². The molecule has 1 saturated heterocycles. The van der Waals surface area contributed by atoms with Gasteiger partial charge in [-0.15, -0.1) is 0 Å².